The van der Waals surface area contributed by atoms with Crippen molar-refractivity contribution in [2.75, 3.05) is 7.11 Å². The van der Waals surface area contributed by atoms with Crippen LogP contribution in [0.5, 0.6) is 0 Å². The molecule has 1 aromatic heterocycles. The van der Waals surface area contributed by atoms with E-state index in [2.05, 4.69) is 5.32 Å². The first-order chi connectivity index (χ1) is 8.99. The maximum Gasteiger partial charge on any atom is 0.371 e. The van der Waals surface area contributed by atoms with Gasteiger partial charge in [0.15, 0.2) is 0 Å². The van der Waals surface area contributed by atoms with E-state index >= 15 is 0 Å². The third-order valence-corrected chi connectivity index (χ3v) is 3.04. The highest BCUT2D eigenvalue weighted by atomic mass is 16.5. The third kappa shape index (κ3) is 4.10. The Morgan fingerprint density at radius 3 is 2.63 bits per heavy atom. The number of esters is 1. The van der Waals surface area contributed by atoms with E-state index in [0.717, 1.165) is 6.42 Å². The zero-order valence-corrected chi connectivity index (χ0v) is 11.3. The van der Waals surface area contributed by atoms with E-state index < -0.39 is 12.0 Å². The third-order valence-electron chi connectivity index (χ3n) is 3.04. The summed E-state index contributed by atoms with van der Waals surface area (Å²) >= 11 is 0. The average molecular weight is 269 g/mol. The fourth-order valence-corrected chi connectivity index (χ4v) is 1.68. The molecule has 1 rings (SSSR count). The van der Waals surface area contributed by atoms with E-state index in [1.54, 1.807) is 6.07 Å². The highest BCUT2D eigenvalue weighted by Crippen LogP contribution is 2.12. The molecule has 2 N–H and O–H groups in total. The first-order valence-corrected chi connectivity index (χ1v) is 6.12. The molecule has 1 aromatic rings. The zero-order chi connectivity index (χ0) is 14.4. The van der Waals surface area contributed by atoms with Gasteiger partial charge >= 0.3 is 11.9 Å². The molecule has 0 saturated carbocycles. The average Bonchev–Trinajstić information content (AvgIpc) is 2.87. The first-order valence-electron chi connectivity index (χ1n) is 6.12. The lowest BCUT2D eigenvalue weighted by molar-refractivity contribution is -0.144. The zero-order valence-electron chi connectivity index (χ0n) is 11.3. The maximum absolute atomic E-state index is 11.6. The van der Waals surface area contributed by atoms with Gasteiger partial charge in [0, 0.05) is 0 Å². The van der Waals surface area contributed by atoms with Crippen molar-refractivity contribution in [3.8, 4) is 0 Å². The van der Waals surface area contributed by atoms with E-state index in [0.29, 0.717) is 5.76 Å². The van der Waals surface area contributed by atoms with Crippen LogP contribution in [0.4, 0.5) is 0 Å². The van der Waals surface area contributed by atoms with Crippen molar-refractivity contribution in [1.29, 1.82) is 0 Å². The number of hydrogen-bond acceptors (Lipinski definition) is 5. The van der Waals surface area contributed by atoms with E-state index in [-0.39, 0.29) is 24.2 Å². The predicted molar refractivity (Wildman–Crippen MR) is 67.8 cm³/mol. The van der Waals surface area contributed by atoms with Crippen LogP contribution in [0.2, 0.25) is 0 Å². The van der Waals surface area contributed by atoms with Gasteiger partial charge in [-0.2, -0.15) is 0 Å². The monoisotopic (exact) mass is 269 g/mol. The number of rotatable bonds is 7. The maximum atomic E-state index is 11.6. The van der Waals surface area contributed by atoms with Gasteiger partial charge in [0.25, 0.3) is 0 Å². The molecule has 6 heteroatoms. The standard InChI is InChI=1S/C13H19NO5/c1-4-8(2)11(13(17)18-3)14-7-9-5-6-10(19-9)12(15)16/h5-6,8,11,14H,4,7H2,1-3H3,(H,15,16). The number of furan rings is 1. The quantitative estimate of drug-likeness (QED) is 0.732. The number of carbonyl (C=O) groups excluding carboxylic acids is 1. The van der Waals surface area contributed by atoms with Gasteiger partial charge in [-0.15, -0.1) is 0 Å². The van der Waals surface area contributed by atoms with E-state index in [9.17, 15) is 9.59 Å². The minimum absolute atomic E-state index is 0.112. The highest BCUT2D eigenvalue weighted by Gasteiger charge is 2.24. The Kier molecular flexibility index (Phi) is 5.57. The highest BCUT2D eigenvalue weighted by molar-refractivity contribution is 5.84. The van der Waals surface area contributed by atoms with E-state index in [4.69, 9.17) is 14.3 Å². The molecule has 0 radical (unpaired) electrons. The van der Waals surface area contributed by atoms with Crippen LogP contribution in [-0.4, -0.2) is 30.2 Å². The summed E-state index contributed by atoms with van der Waals surface area (Å²) in [5.41, 5.74) is 0. The van der Waals surface area contributed by atoms with E-state index in [1.165, 1.54) is 13.2 Å². The molecule has 0 aliphatic rings. The smallest absolute Gasteiger partial charge is 0.371 e. The number of carbonyl (C=O) groups is 2. The normalized spacial score (nSPS) is 13.8. The molecule has 0 bridgehead atoms. The van der Waals surface area contributed by atoms with Crippen molar-refractivity contribution in [3.63, 3.8) is 0 Å². The van der Waals surface area contributed by atoms with Crippen molar-refractivity contribution in [2.24, 2.45) is 5.92 Å². The molecule has 19 heavy (non-hydrogen) atoms. The Balaban J connectivity index is 2.64. The second kappa shape index (κ2) is 6.94. The van der Waals surface area contributed by atoms with Crippen molar-refractivity contribution in [1.82, 2.24) is 5.32 Å². The molecule has 0 saturated heterocycles. The molecule has 0 amide bonds. The topological polar surface area (TPSA) is 88.8 Å². The summed E-state index contributed by atoms with van der Waals surface area (Å²) in [5.74, 6) is -0.983. The van der Waals surface area contributed by atoms with Crippen LogP contribution in [-0.2, 0) is 16.1 Å². The minimum Gasteiger partial charge on any atom is -0.475 e. The summed E-state index contributed by atoms with van der Waals surface area (Å²) in [7, 11) is 1.34. The lowest BCUT2D eigenvalue weighted by Gasteiger charge is -2.21. The molecule has 2 atom stereocenters. The van der Waals surface area contributed by atoms with Crippen molar-refractivity contribution >= 4 is 11.9 Å². The van der Waals surface area contributed by atoms with Gasteiger partial charge in [-0.1, -0.05) is 20.3 Å². The number of ether oxygens (including phenoxy) is 1. The number of carboxylic acids is 1. The molecule has 0 aliphatic carbocycles. The van der Waals surface area contributed by atoms with Crippen LogP contribution in [0.15, 0.2) is 16.5 Å². The van der Waals surface area contributed by atoms with Crippen LogP contribution in [0.1, 0.15) is 36.6 Å². The summed E-state index contributed by atoms with van der Waals surface area (Å²) in [6.07, 6.45) is 0.825. The lowest BCUT2D eigenvalue weighted by Crippen LogP contribution is -2.42. The Labute approximate surface area is 111 Å². The van der Waals surface area contributed by atoms with E-state index in [1.807, 2.05) is 13.8 Å². The Bertz CT molecular complexity index is 440. The van der Waals surface area contributed by atoms with Crippen LogP contribution in [0.25, 0.3) is 0 Å². The minimum atomic E-state index is -1.11. The molecule has 0 aliphatic heterocycles. The van der Waals surface area contributed by atoms with Crippen molar-refractivity contribution in [3.05, 3.63) is 23.7 Å². The molecular formula is C13H19NO5. The molecule has 0 spiro atoms. The number of carboxylic acid groups (broad SMARTS) is 1. The van der Waals surface area contributed by atoms with Crippen LogP contribution in [0.3, 0.4) is 0 Å². The Morgan fingerprint density at radius 2 is 2.16 bits per heavy atom. The second-order valence-corrected chi connectivity index (χ2v) is 4.34. The summed E-state index contributed by atoms with van der Waals surface area (Å²) in [6, 6.07) is 2.52. The number of methoxy groups -OCH3 is 1. The fourth-order valence-electron chi connectivity index (χ4n) is 1.68. The molecule has 1 heterocycles. The van der Waals surface area contributed by atoms with Gasteiger partial charge in [0.05, 0.1) is 13.7 Å². The van der Waals surface area contributed by atoms with Gasteiger partial charge < -0.3 is 14.3 Å². The summed E-state index contributed by atoms with van der Waals surface area (Å²) in [6.45, 7) is 4.20. The van der Waals surface area contributed by atoms with Crippen LogP contribution in [0, 0.1) is 5.92 Å². The van der Waals surface area contributed by atoms with Crippen LogP contribution >= 0.6 is 0 Å². The molecule has 2 unspecified atom stereocenters. The lowest BCUT2D eigenvalue weighted by atomic mass is 9.99. The van der Waals surface area contributed by atoms with Crippen molar-refractivity contribution < 1.29 is 23.8 Å². The van der Waals surface area contributed by atoms with Crippen molar-refractivity contribution in [2.45, 2.75) is 32.9 Å². The predicted octanol–water partition coefficient (Wildman–Crippen LogP) is 1.66. The molecular weight excluding hydrogens is 250 g/mol. The number of nitrogens with one attached hydrogen (secondary N) is 1. The summed E-state index contributed by atoms with van der Waals surface area (Å²) in [4.78, 5) is 22.3. The fraction of sp³-hybridized carbons (Fsp3) is 0.538. The number of aromatic carboxylic acids is 1. The number of hydrogen-bond donors (Lipinski definition) is 2. The van der Waals surface area contributed by atoms with Gasteiger partial charge in [-0.25, -0.2) is 4.79 Å². The Morgan fingerprint density at radius 1 is 1.47 bits per heavy atom. The van der Waals surface area contributed by atoms with Gasteiger partial charge in [0.2, 0.25) is 5.76 Å². The second-order valence-electron chi connectivity index (χ2n) is 4.34. The van der Waals surface area contributed by atoms with Gasteiger partial charge in [-0.3, -0.25) is 10.1 Å². The van der Waals surface area contributed by atoms with Gasteiger partial charge in [-0.05, 0) is 18.1 Å². The Hall–Kier alpha value is -1.82. The van der Waals surface area contributed by atoms with Crippen LogP contribution < -0.4 is 5.32 Å². The molecule has 0 fully saturated rings. The molecule has 6 nitrogen and oxygen atoms in total. The summed E-state index contributed by atoms with van der Waals surface area (Å²) in [5, 5.41) is 11.8. The largest absolute Gasteiger partial charge is 0.475 e. The summed E-state index contributed by atoms with van der Waals surface area (Å²) < 4.78 is 9.85. The molecule has 0 aromatic carbocycles. The SMILES string of the molecule is CCC(C)C(NCc1ccc(C(=O)O)o1)C(=O)OC. The van der Waals surface area contributed by atoms with Gasteiger partial charge in [0.1, 0.15) is 11.8 Å². The molecule has 106 valence electrons. The first kappa shape index (κ1) is 15.2.